The standard InChI is InChI=1S/C11H14N4S/c1-2-5-13-11(10-8-14-15-16-10)9-4-3-6-12-7-9/h3-4,6-8,11,13H,2,5H2,1H3. The second-order valence-corrected chi connectivity index (χ2v) is 4.31. The third kappa shape index (κ3) is 2.62. The zero-order valence-electron chi connectivity index (χ0n) is 9.13. The monoisotopic (exact) mass is 234 g/mol. The van der Waals surface area contributed by atoms with Crippen LogP contribution in [0.1, 0.15) is 29.8 Å². The van der Waals surface area contributed by atoms with Crippen molar-refractivity contribution >= 4 is 11.5 Å². The summed E-state index contributed by atoms with van der Waals surface area (Å²) in [5, 5.41) is 7.36. The number of pyridine rings is 1. The number of nitrogens with zero attached hydrogens (tertiary/aromatic N) is 3. The molecular weight excluding hydrogens is 220 g/mol. The molecule has 0 amide bonds. The number of hydrogen-bond acceptors (Lipinski definition) is 5. The van der Waals surface area contributed by atoms with Crippen molar-refractivity contribution in [2.45, 2.75) is 19.4 Å². The molecule has 2 heterocycles. The van der Waals surface area contributed by atoms with Crippen LogP contribution in [0.2, 0.25) is 0 Å². The Bertz CT molecular complexity index is 401. The second kappa shape index (κ2) is 5.67. The maximum Gasteiger partial charge on any atom is 0.0718 e. The van der Waals surface area contributed by atoms with Crippen molar-refractivity contribution in [3.8, 4) is 0 Å². The largest absolute Gasteiger partial charge is 0.305 e. The molecule has 0 radical (unpaired) electrons. The molecule has 0 aromatic carbocycles. The molecule has 84 valence electrons. The van der Waals surface area contributed by atoms with Crippen LogP contribution in [0.4, 0.5) is 0 Å². The van der Waals surface area contributed by atoms with Crippen LogP contribution in [0.25, 0.3) is 0 Å². The van der Waals surface area contributed by atoms with Gasteiger partial charge in [-0.3, -0.25) is 4.98 Å². The van der Waals surface area contributed by atoms with E-state index < -0.39 is 0 Å². The summed E-state index contributed by atoms with van der Waals surface area (Å²) in [7, 11) is 0. The number of rotatable bonds is 5. The van der Waals surface area contributed by atoms with Gasteiger partial charge in [0.05, 0.1) is 17.1 Å². The molecule has 0 saturated heterocycles. The first kappa shape index (κ1) is 11.2. The van der Waals surface area contributed by atoms with E-state index in [2.05, 4.69) is 32.9 Å². The summed E-state index contributed by atoms with van der Waals surface area (Å²) >= 11 is 1.42. The molecule has 0 aliphatic rings. The summed E-state index contributed by atoms with van der Waals surface area (Å²) in [6, 6.07) is 4.18. The molecule has 16 heavy (non-hydrogen) atoms. The van der Waals surface area contributed by atoms with Gasteiger partial charge in [0.1, 0.15) is 0 Å². The molecule has 0 saturated carbocycles. The maximum atomic E-state index is 4.15. The molecule has 0 aliphatic heterocycles. The van der Waals surface area contributed by atoms with Gasteiger partial charge in [-0.2, -0.15) is 0 Å². The molecule has 0 aliphatic carbocycles. The molecular formula is C11H14N4S. The lowest BCUT2D eigenvalue weighted by Gasteiger charge is -2.15. The van der Waals surface area contributed by atoms with E-state index in [1.165, 1.54) is 11.5 Å². The Balaban J connectivity index is 2.21. The smallest absolute Gasteiger partial charge is 0.0718 e. The van der Waals surface area contributed by atoms with Gasteiger partial charge in [-0.05, 0) is 36.1 Å². The van der Waals surface area contributed by atoms with Crippen molar-refractivity contribution in [2.75, 3.05) is 6.54 Å². The van der Waals surface area contributed by atoms with E-state index >= 15 is 0 Å². The van der Waals surface area contributed by atoms with Crippen LogP contribution >= 0.6 is 11.5 Å². The van der Waals surface area contributed by atoms with E-state index in [4.69, 9.17) is 0 Å². The highest BCUT2D eigenvalue weighted by Crippen LogP contribution is 2.22. The minimum absolute atomic E-state index is 0.161. The Morgan fingerprint density at radius 2 is 2.38 bits per heavy atom. The number of aromatic nitrogens is 3. The lowest BCUT2D eigenvalue weighted by molar-refractivity contribution is 0.603. The minimum Gasteiger partial charge on any atom is -0.305 e. The SMILES string of the molecule is CCCNC(c1cccnc1)c1cnns1. The lowest BCUT2D eigenvalue weighted by atomic mass is 10.1. The van der Waals surface area contributed by atoms with Crippen molar-refractivity contribution in [2.24, 2.45) is 0 Å². The molecule has 2 aromatic heterocycles. The van der Waals surface area contributed by atoms with E-state index in [1.54, 1.807) is 6.20 Å². The number of nitrogens with one attached hydrogen (secondary N) is 1. The fourth-order valence-electron chi connectivity index (χ4n) is 1.52. The van der Waals surface area contributed by atoms with Gasteiger partial charge in [-0.1, -0.05) is 17.5 Å². The van der Waals surface area contributed by atoms with Crippen LogP contribution in [0.3, 0.4) is 0 Å². The molecule has 0 spiro atoms. The maximum absolute atomic E-state index is 4.15. The van der Waals surface area contributed by atoms with Crippen LogP contribution in [-0.4, -0.2) is 21.1 Å². The normalized spacial score (nSPS) is 12.6. The fraction of sp³-hybridized carbons (Fsp3) is 0.364. The van der Waals surface area contributed by atoms with Crippen LogP contribution in [0.15, 0.2) is 30.7 Å². The van der Waals surface area contributed by atoms with Crippen molar-refractivity contribution in [3.63, 3.8) is 0 Å². The Kier molecular flexibility index (Phi) is 3.96. The van der Waals surface area contributed by atoms with Crippen LogP contribution in [0, 0.1) is 0 Å². The van der Waals surface area contributed by atoms with Crippen molar-refractivity contribution < 1.29 is 0 Å². The third-order valence-electron chi connectivity index (χ3n) is 2.28. The molecule has 5 heteroatoms. The molecule has 2 aromatic rings. The first-order valence-corrected chi connectivity index (χ1v) is 6.09. The summed E-state index contributed by atoms with van der Waals surface area (Å²) in [6.45, 7) is 3.12. The highest BCUT2D eigenvalue weighted by Gasteiger charge is 2.15. The van der Waals surface area contributed by atoms with Gasteiger partial charge in [-0.15, -0.1) is 5.10 Å². The number of hydrogen-bond donors (Lipinski definition) is 1. The van der Waals surface area contributed by atoms with Gasteiger partial charge < -0.3 is 5.32 Å². The summed E-state index contributed by atoms with van der Waals surface area (Å²) in [4.78, 5) is 5.27. The van der Waals surface area contributed by atoms with Crippen LogP contribution in [0.5, 0.6) is 0 Å². The van der Waals surface area contributed by atoms with Gasteiger partial charge in [0.2, 0.25) is 0 Å². The summed E-state index contributed by atoms with van der Waals surface area (Å²) in [5.74, 6) is 0. The van der Waals surface area contributed by atoms with E-state index in [1.807, 2.05) is 18.5 Å². The zero-order valence-corrected chi connectivity index (χ0v) is 9.94. The third-order valence-corrected chi connectivity index (χ3v) is 3.01. The quantitative estimate of drug-likeness (QED) is 0.860. The van der Waals surface area contributed by atoms with E-state index in [9.17, 15) is 0 Å². The van der Waals surface area contributed by atoms with Crippen molar-refractivity contribution in [1.82, 2.24) is 19.9 Å². The van der Waals surface area contributed by atoms with Gasteiger partial charge in [0.15, 0.2) is 0 Å². The van der Waals surface area contributed by atoms with Crippen molar-refractivity contribution in [3.05, 3.63) is 41.2 Å². The first-order chi connectivity index (χ1) is 7.92. The van der Waals surface area contributed by atoms with E-state index in [0.717, 1.165) is 23.4 Å². The fourth-order valence-corrected chi connectivity index (χ4v) is 2.13. The summed E-state index contributed by atoms with van der Waals surface area (Å²) in [5.41, 5.74) is 1.15. The highest BCUT2D eigenvalue weighted by molar-refractivity contribution is 7.05. The molecule has 1 unspecified atom stereocenters. The Hall–Kier alpha value is -1.33. The zero-order chi connectivity index (χ0) is 11.2. The minimum atomic E-state index is 0.161. The molecule has 0 bridgehead atoms. The topological polar surface area (TPSA) is 50.7 Å². The average molecular weight is 234 g/mol. The summed E-state index contributed by atoms with van der Waals surface area (Å²) < 4.78 is 3.91. The lowest BCUT2D eigenvalue weighted by Crippen LogP contribution is -2.22. The van der Waals surface area contributed by atoms with Gasteiger partial charge in [-0.25, -0.2) is 0 Å². The molecule has 2 rings (SSSR count). The Morgan fingerprint density at radius 3 is 3.00 bits per heavy atom. The summed E-state index contributed by atoms with van der Waals surface area (Å²) in [6.07, 6.45) is 6.58. The van der Waals surface area contributed by atoms with Gasteiger partial charge in [0, 0.05) is 12.4 Å². The molecule has 4 nitrogen and oxygen atoms in total. The Labute approximate surface area is 98.9 Å². The predicted octanol–water partition coefficient (Wildman–Crippen LogP) is 2.02. The second-order valence-electron chi connectivity index (χ2n) is 3.49. The van der Waals surface area contributed by atoms with Gasteiger partial charge in [0.25, 0.3) is 0 Å². The average Bonchev–Trinajstić information content (AvgIpc) is 2.85. The van der Waals surface area contributed by atoms with E-state index in [-0.39, 0.29) is 6.04 Å². The van der Waals surface area contributed by atoms with Crippen molar-refractivity contribution in [1.29, 1.82) is 0 Å². The van der Waals surface area contributed by atoms with E-state index in [0.29, 0.717) is 0 Å². The van der Waals surface area contributed by atoms with Gasteiger partial charge >= 0.3 is 0 Å². The molecule has 1 N–H and O–H groups in total. The molecule has 1 atom stereocenters. The van der Waals surface area contributed by atoms with Crippen LogP contribution < -0.4 is 5.32 Å². The highest BCUT2D eigenvalue weighted by atomic mass is 32.1. The van der Waals surface area contributed by atoms with Crippen LogP contribution in [-0.2, 0) is 0 Å². The molecule has 0 fully saturated rings. The first-order valence-electron chi connectivity index (χ1n) is 5.32. The predicted molar refractivity (Wildman–Crippen MR) is 64.3 cm³/mol. The Morgan fingerprint density at radius 1 is 1.44 bits per heavy atom.